The highest BCUT2D eigenvalue weighted by molar-refractivity contribution is 5.81. The normalized spacial score (nSPS) is 9.33. The molecule has 0 amide bonds. The van der Waals surface area contributed by atoms with Crippen LogP contribution in [0.15, 0.2) is 29.3 Å². The Kier molecular flexibility index (Phi) is 5.98. The minimum absolute atomic E-state index is 1.20. The Labute approximate surface area is 75.2 Å². The number of benzene rings is 1. The van der Waals surface area contributed by atoms with Crippen LogP contribution in [-0.2, 0) is 0 Å². The Hall–Kier alpha value is -1.11. The molecular weight excluding hydrogens is 146 g/mol. The van der Waals surface area contributed by atoms with Gasteiger partial charge >= 0.3 is 0 Å². The summed E-state index contributed by atoms with van der Waals surface area (Å²) < 4.78 is 0. The molecule has 0 saturated heterocycles. The summed E-state index contributed by atoms with van der Waals surface area (Å²) in [6.45, 7) is 6.08. The quantitative estimate of drug-likeness (QED) is 0.564. The summed E-state index contributed by atoms with van der Waals surface area (Å²) in [5.41, 5.74) is 2.47. The van der Waals surface area contributed by atoms with Gasteiger partial charge in [0.25, 0.3) is 0 Å². The van der Waals surface area contributed by atoms with Crippen LogP contribution in [-0.4, -0.2) is 13.3 Å². The first-order chi connectivity index (χ1) is 5.84. The van der Waals surface area contributed by atoms with Crippen LogP contribution in [0, 0.1) is 6.92 Å². The molecule has 0 radical (unpaired) electrons. The average Bonchev–Trinajstić information content (AvgIpc) is 2.13. The molecular formula is C11H17N. The third-order valence-corrected chi connectivity index (χ3v) is 1.46. The number of aliphatic imine (C=N–C) groups is 1. The van der Waals surface area contributed by atoms with Crippen molar-refractivity contribution in [3.8, 4) is 0 Å². The van der Waals surface area contributed by atoms with E-state index in [1.807, 2.05) is 32.2 Å². The SMILES string of the molecule is CC.CN=Cc1ccccc1C. The molecule has 0 unspecified atom stereocenters. The maximum Gasteiger partial charge on any atom is 0.0284 e. The number of aryl methyl sites for hydroxylation is 1. The molecule has 66 valence electrons. The molecule has 0 fully saturated rings. The predicted molar refractivity (Wildman–Crippen MR) is 56.0 cm³/mol. The molecule has 0 heterocycles. The van der Waals surface area contributed by atoms with Crippen molar-refractivity contribution in [2.24, 2.45) is 4.99 Å². The van der Waals surface area contributed by atoms with E-state index < -0.39 is 0 Å². The first-order valence-corrected chi connectivity index (χ1v) is 4.32. The van der Waals surface area contributed by atoms with Crippen LogP contribution >= 0.6 is 0 Å². The van der Waals surface area contributed by atoms with Gasteiger partial charge in [0, 0.05) is 13.3 Å². The van der Waals surface area contributed by atoms with Crippen LogP contribution in [0.2, 0.25) is 0 Å². The van der Waals surface area contributed by atoms with E-state index in [0.717, 1.165) is 0 Å². The third-order valence-electron chi connectivity index (χ3n) is 1.46. The molecule has 0 aliphatic rings. The molecule has 0 saturated carbocycles. The Morgan fingerprint density at radius 2 is 1.75 bits per heavy atom. The van der Waals surface area contributed by atoms with E-state index in [-0.39, 0.29) is 0 Å². The van der Waals surface area contributed by atoms with Gasteiger partial charge < -0.3 is 0 Å². The van der Waals surface area contributed by atoms with Crippen LogP contribution < -0.4 is 0 Å². The van der Waals surface area contributed by atoms with Crippen LogP contribution in [0.25, 0.3) is 0 Å². The fraction of sp³-hybridized carbons (Fsp3) is 0.364. The zero-order valence-electron chi connectivity index (χ0n) is 8.33. The Morgan fingerprint density at radius 1 is 1.17 bits per heavy atom. The summed E-state index contributed by atoms with van der Waals surface area (Å²) in [5.74, 6) is 0. The number of hydrogen-bond acceptors (Lipinski definition) is 1. The van der Waals surface area contributed by atoms with E-state index in [2.05, 4.69) is 24.0 Å². The smallest absolute Gasteiger partial charge is 0.0284 e. The van der Waals surface area contributed by atoms with E-state index in [4.69, 9.17) is 0 Å². The molecule has 1 nitrogen and oxygen atoms in total. The first kappa shape index (κ1) is 10.9. The molecule has 0 atom stereocenters. The molecule has 0 N–H and O–H groups in total. The second kappa shape index (κ2) is 6.59. The molecule has 0 aliphatic carbocycles. The molecule has 1 heteroatoms. The minimum atomic E-state index is 1.20. The number of hydrogen-bond donors (Lipinski definition) is 0. The average molecular weight is 163 g/mol. The van der Waals surface area contributed by atoms with Crippen molar-refractivity contribution in [3.63, 3.8) is 0 Å². The number of rotatable bonds is 1. The van der Waals surface area contributed by atoms with E-state index >= 15 is 0 Å². The van der Waals surface area contributed by atoms with Gasteiger partial charge in [0.1, 0.15) is 0 Å². The largest absolute Gasteiger partial charge is 0.296 e. The van der Waals surface area contributed by atoms with Gasteiger partial charge in [0.15, 0.2) is 0 Å². The summed E-state index contributed by atoms with van der Waals surface area (Å²) in [4.78, 5) is 3.94. The zero-order valence-corrected chi connectivity index (χ0v) is 8.33. The van der Waals surface area contributed by atoms with Gasteiger partial charge in [-0.3, -0.25) is 4.99 Å². The van der Waals surface area contributed by atoms with Gasteiger partial charge in [-0.2, -0.15) is 0 Å². The van der Waals surface area contributed by atoms with Gasteiger partial charge in [-0.15, -0.1) is 0 Å². The molecule has 12 heavy (non-hydrogen) atoms. The van der Waals surface area contributed by atoms with Gasteiger partial charge in [0.2, 0.25) is 0 Å². The van der Waals surface area contributed by atoms with Crippen molar-refractivity contribution in [1.82, 2.24) is 0 Å². The van der Waals surface area contributed by atoms with E-state index in [1.165, 1.54) is 11.1 Å². The van der Waals surface area contributed by atoms with E-state index in [1.54, 1.807) is 7.05 Å². The Morgan fingerprint density at radius 3 is 2.25 bits per heavy atom. The van der Waals surface area contributed by atoms with Crippen molar-refractivity contribution in [3.05, 3.63) is 35.4 Å². The van der Waals surface area contributed by atoms with Crippen molar-refractivity contribution in [2.75, 3.05) is 7.05 Å². The fourth-order valence-corrected chi connectivity index (χ4v) is 0.871. The molecule has 0 bridgehead atoms. The molecule has 1 rings (SSSR count). The fourth-order valence-electron chi connectivity index (χ4n) is 0.871. The van der Waals surface area contributed by atoms with Crippen molar-refractivity contribution < 1.29 is 0 Å². The maximum absolute atomic E-state index is 3.94. The lowest BCUT2D eigenvalue weighted by molar-refractivity contribution is 1.41. The van der Waals surface area contributed by atoms with E-state index in [9.17, 15) is 0 Å². The Balaban J connectivity index is 0.000000561. The van der Waals surface area contributed by atoms with Gasteiger partial charge in [-0.25, -0.2) is 0 Å². The highest BCUT2D eigenvalue weighted by Crippen LogP contribution is 2.02. The molecule has 1 aromatic carbocycles. The summed E-state index contributed by atoms with van der Waals surface area (Å²) >= 11 is 0. The van der Waals surface area contributed by atoms with Crippen molar-refractivity contribution >= 4 is 6.21 Å². The van der Waals surface area contributed by atoms with Crippen molar-refractivity contribution in [2.45, 2.75) is 20.8 Å². The second-order valence-electron chi connectivity index (χ2n) is 2.24. The highest BCUT2D eigenvalue weighted by atomic mass is 14.6. The molecule has 0 aromatic heterocycles. The summed E-state index contributed by atoms with van der Waals surface area (Å²) in [7, 11) is 1.78. The lowest BCUT2D eigenvalue weighted by Gasteiger charge is -1.95. The summed E-state index contributed by atoms with van der Waals surface area (Å²) in [6, 6.07) is 8.19. The van der Waals surface area contributed by atoms with Crippen LogP contribution in [0.1, 0.15) is 25.0 Å². The molecule has 0 aliphatic heterocycles. The van der Waals surface area contributed by atoms with Crippen LogP contribution in [0.5, 0.6) is 0 Å². The van der Waals surface area contributed by atoms with Gasteiger partial charge in [-0.1, -0.05) is 38.1 Å². The zero-order chi connectivity index (χ0) is 9.40. The maximum atomic E-state index is 3.94. The minimum Gasteiger partial charge on any atom is -0.296 e. The van der Waals surface area contributed by atoms with Crippen molar-refractivity contribution in [1.29, 1.82) is 0 Å². The Bertz CT molecular complexity index is 239. The summed E-state index contributed by atoms with van der Waals surface area (Å²) in [5, 5.41) is 0. The predicted octanol–water partition coefficient (Wildman–Crippen LogP) is 3.07. The van der Waals surface area contributed by atoms with E-state index in [0.29, 0.717) is 0 Å². The second-order valence-corrected chi connectivity index (χ2v) is 2.24. The summed E-state index contributed by atoms with van der Waals surface area (Å²) in [6.07, 6.45) is 1.87. The highest BCUT2D eigenvalue weighted by Gasteiger charge is 1.88. The lowest BCUT2D eigenvalue weighted by Crippen LogP contribution is -1.84. The standard InChI is InChI=1S/C9H11N.C2H6/c1-8-5-3-4-6-9(8)7-10-2;1-2/h3-7H,1-2H3;1-2H3. The first-order valence-electron chi connectivity index (χ1n) is 4.32. The lowest BCUT2D eigenvalue weighted by atomic mass is 10.1. The molecule has 0 spiro atoms. The third kappa shape index (κ3) is 3.33. The van der Waals surface area contributed by atoms with Crippen LogP contribution in [0.4, 0.5) is 0 Å². The topological polar surface area (TPSA) is 12.4 Å². The van der Waals surface area contributed by atoms with Gasteiger partial charge in [-0.05, 0) is 18.1 Å². The monoisotopic (exact) mass is 163 g/mol. The van der Waals surface area contributed by atoms with Gasteiger partial charge in [0.05, 0.1) is 0 Å². The number of nitrogens with zero attached hydrogens (tertiary/aromatic N) is 1. The molecule has 1 aromatic rings. The van der Waals surface area contributed by atoms with Crippen LogP contribution in [0.3, 0.4) is 0 Å².